The molecule has 1 amide bonds. The van der Waals surface area contributed by atoms with Crippen LogP contribution in [0.3, 0.4) is 0 Å². The van der Waals surface area contributed by atoms with Gasteiger partial charge in [-0.15, -0.1) is 5.10 Å². The van der Waals surface area contributed by atoms with E-state index in [1.807, 2.05) is 0 Å². The third-order valence-electron chi connectivity index (χ3n) is 4.87. The minimum absolute atomic E-state index is 0.252. The fourth-order valence-corrected chi connectivity index (χ4v) is 4.06. The quantitative estimate of drug-likeness (QED) is 0.615. The summed E-state index contributed by atoms with van der Waals surface area (Å²) in [5.41, 5.74) is 8.65. The molecule has 0 radical (unpaired) electrons. The van der Waals surface area contributed by atoms with Gasteiger partial charge in [-0.2, -0.15) is 0 Å². The molecule has 3 N–H and O–H groups in total. The first-order valence-corrected chi connectivity index (χ1v) is 9.47. The molecule has 0 saturated heterocycles. The zero-order valence-corrected chi connectivity index (χ0v) is 16.8. The van der Waals surface area contributed by atoms with Crippen LogP contribution in [0.4, 0.5) is 11.6 Å². The normalized spacial score (nSPS) is 15.6. The topological polar surface area (TPSA) is 99.2 Å². The highest BCUT2D eigenvalue weighted by atomic mass is 35.5. The molecular weight excluding hydrogens is 415 g/mol. The molecule has 148 valence electrons. The molecule has 0 spiro atoms. The van der Waals surface area contributed by atoms with E-state index in [-0.39, 0.29) is 5.91 Å². The Kier molecular flexibility index (Phi) is 4.94. The number of esters is 1. The maximum atomic E-state index is 12.7. The fourth-order valence-electron chi connectivity index (χ4n) is 3.40. The average molecular weight is 431 g/mol. The second-order valence-corrected chi connectivity index (χ2v) is 7.36. The summed E-state index contributed by atoms with van der Waals surface area (Å²) < 4.78 is 6.22. The van der Waals surface area contributed by atoms with Crippen molar-refractivity contribution in [1.29, 1.82) is 0 Å². The van der Waals surface area contributed by atoms with Crippen LogP contribution >= 0.6 is 23.2 Å². The molecule has 1 aromatic heterocycles. The molecule has 1 atom stereocenters. The summed E-state index contributed by atoms with van der Waals surface area (Å²) in [4.78, 5) is 24.3. The minimum atomic E-state index is -0.578. The highest BCUT2D eigenvalue weighted by molar-refractivity contribution is 6.36. The van der Waals surface area contributed by atoms with Crippen LogP contribution in [0.15, 0.2) is 42.5 Å². The van der Waals surface area contributed by atoms with Crippen molar-refractivity contribution in [2.24, 2.45) is 0 Å². The summed E-state index contributed by atoms with van der Waals surface area (Å²) >= 11 is 12.6. The number of carbonyl (C=O) groups excluding carboxylic acids is 2. The van der Waals surface area contributed by atoms with E-state index in [0.29, 0.717) is 50.5 Å². The number of nitrogens with two attached hydrogens (primary N) is 1. The molecule has 0 bridgehead atoms. The van der Waals surface area contributed by atoms with Crippen LogP contribution in [0.2, 0.25) is 10.0 Å². The van der Waals surface area contributed by atoms with Gasteiger partial charge in [0, 0.05) is 21.2 Å². The molecule has 0 aliphatic carbocycles. The fraction of sp³-hybridized carbons (Fsp3) is 0.150. The number of hydrogen-bond donors (Lipinski definition) is 2. The second kappa shape index (κ2) is 7.42. The van der Waals surface area contributed by atoms with Gasteiger partial charge in [-0.1, -0.05) is 29.3 Å². The number of nitrogens with one attached hydrogen (secondary N) is 1. The Morgan fingerprint density at radius 2 is 1.86 bits per heavy atom. The predicted molar refractivity (Wildman–Crippen MR) is 111 cm³/mol. The molecule has 1 aliphatic heterocycles. The Morgan fingerprint density at radius 3 is 2.48 bits per heavy atom. The van der Waals surface area contributed by atoms with E-state index in [2.05, 4.69) is 10.4 Å². The van der Waals surface area contributed by atoms with Crippen LogP contribution in [0, 0.1) is 0 Å². The van der Waals surface area contributed by atoms with Crippen molar-refractivity contribution in [2.75, 3.05) is 18.2 Å². The summed E-state index contributed by atoms with van der Waals surface area (Å²) in [7, 11) is 1.32. The van der Waals surface area contributed by atoms with Gasteiger partial charge in [-0.3, -0.25) is 4.79 Å². The number of rotatable bonds is 3. The van der Waals surface area contributed by atoms with E-state index in [1.165, 1.54) is 11.8 Å². The monoisotopic (exact) mass is 430 g/mol. The number of ether oxygens (including phenoxy) is 1. The number of nitrogens with zero attached hydrogens (tertiary/aromatic N) is 2. The standard InChI is InChI=1S/C20H16Cl2N4O3/c1-29-20(28)10-5-7-11(8-6-10)26-17(23)13-9-12(19(27)24-18(13)25-26)16-14(21)3-2-4-15(16)22/h2-8,12H,9,23H2,1H3,(H,24,25,27). The molecule has 4 rings (SSSR count). The van der Waals surface area contributed by atoms with Gasteiger partial charge in [0.2, 0.25) is 5.91 Å². The molecule has 2 heterocycles. The number of fused-ring (bicyclic) bond motifs is 1. The van der Waals surface area contributed by atoms with Crippen LogP contribution in [-0.2, 0) is 16.0 Å². The number of hydrogen-bond acceptors (Lipinski definition) is 5. The van der Waals surface area contributed by atoms with Gasteiger partial charge in [0.25, 0.3) is 0 Å². The Hall–Kier alpha value is -3.03. The first kappa shape index (κ1) is 19.3. The zero-order chi connectivity index (χ0) is 20.7. The van der Waals surface area contributed by atoms with Crippen LogP contribution in [0.25, 0.3) is 5.69 Å². The van der Waals surface area contributed by atoms with Crippen molar-refractivity contribution < 1.29 is 14.3 Å². The van der Waals surface area contributed by atoms with Crippen molar-refractivity contribution in [3.05, 3.63) is 69.2 Å². The molecule has 9 heteroatoms. The van der Waals surface area contributed by atoms with Gasteiger partial charge in [0.1, 0.15) is 5.82 Å². The third kappa shape index (κ3) is 3.32. The molecule has 1 aliphatic rings. The molecule has 0 saturated carbocycles. The van der Waals surface area contributed by atoms with Crippen LogP contribution in [0.1, 0.15) is 27.4 Å². The number of anilines is 2. The molecular formula is C20H16Cl2N4O3. The molecule has 7 nitrogen and oxygen atoms in total. The zero-order valence-electron chi connectivity index (χ0n) is 15.3. The van der Waals surface area contributed by atoms with E-state index in [4.69, 9.17) is 33.7 Å². The van der Waals surface area contributed by atoms with E-state index in [9.17, 15) is 9.59 Å². The largest absolute Gasteiger partial charge is 0.465 e. The predicted octanol–water partition coefficient (Wildman–Crippen LogP) is 3.83. The van der Waals surface area contributed by atoms with Crippen LogP contribution in [-0.4, -0.2) is 28.8 Å². The summed E-state index contributed by atoms with van der Waals surface area (Å²) in [6, 6.07) is 11.8. The van der Waals surface area contributed by atoms with E-state index >= 15 is 0 Å². The number of nitrogen functional groups attached to an aromatic ring is 1. The highest BCUT2D eigenvalue weighted by Crippen LogP contribution is 2.40. The third-order valence-corrected chi connectivity index (χ3v) is 5.53. The van der Waals surface area contributed by atoms with E-state index < -0.39 is 11.9 Å². The van der Waals surface area contributed by atoms with Gasteiger partial charge >= 0.3 is 5.97 Å². The first-order valence-electron chi connectivity index (χ1n) is 8.71. The Labute approximate surface area is 176 Å². The maximum Gasteiger partial charge on any atom is 0.337 e. The highest BCUT2D eigenvalue weighted by Gasteiger charge is 2.34. The lowest BCUT2D eigenvalue weighted by Gasteiger charge is -2.23. The lowest BCUT2D eigenvalue weighted by molar-refractivity contribution is -0.117. The number of benzene rings is 2. The van der Waals surface area contributed by atoms with Gasteiger partial charge in [0.05, 0.1) is 24.3 Å². The number of aromatic nitrogens is 2. The van der Waals surface area contributed by atoms with Crippen LogP contribution < -0.4 is 11.1 Å². The lowest BCUT2D eigenvalue weighted by atomic mass is 9.89. The Morgan fingerprint density at radius 1 is 1.21 bits per heavy atom. The number of methoxy groups -OCH3 is 1. The summed E-state index contributed by atoms with van der Waals surface area (Å²) in [5.74, 6) is -0.484. The van der Waals surface area contributed by atoms with Crippen LogP contribution in [0.5, 0.6) is 0 Å². The maximum absolute atomic E-state index is 12.7. The van der Waals surface area contributed by atoms with E-state index in [0.717, 1.165) is 0 Å². The number of amides is 1. The van der Waals surface area contributed by atoms with Crippen molar-refractivity contribution in [2.45, 2.75) is 12.3 Å². The van der Waals surface area contributed by atoms with Crippen molar-refractivity contribution >= 4 is 46.7 Å². The van der Waals surface area contributed by atoms with Crippen molar-refractivity contribution in [3.8, 4) is 5.69 Å². The number of halogens is 2. The van der Waals surface area contributed by atoms with Gasteiger partial charge in [-0.25, -0.2) is 9.48 Å². The molecule has 29 heavy (non-hydrogen) atoms. The van der Waals surface area contributed by atoms with Crippen molar-refractivity contribution in [1.82, 2.24) is 9.78 Å². The second-order valence-electron chi connectivity index (χ2n) is 6.54. The average Bonchev–Trinajstić information content (AvgIpc) is 3.03. The van der Waals surface area contributed by atoms with E-state index in [1.54, 1.807) is 42.5 Å². The molecule has 3 aromatic rings. The van der Waals surface area contributed by atoms with Gasteiger partial charge in [0.15, 0.2) is 5.82 Å². The lowest BCUT2D eigenvalue weighted by Crippen LogP contribution is -2.28. The first-order chi connectivity index (χ1) is 13.9. The van der Waals surface area contributed by atoms with Gasteiger partial charge in [-0.05, 0) is 42.8 Å². The summed E-state index contributed by atoms with van der Waals surface area (Å²) in [5, 5.41) is 8.05. The molecule has 2 aromatic carbocycles. The van der Waals surface area contributed by atoms with Gasteiger partial charge < -0.3 is 15.8 Å². The summed E-state index contributed by atoms with van der Waals surface area (Å²) in [6.45, 7) is 0. The minimum Gasteiger partial charge on any atom is -0.465 e. The van der Waals surface area contributed by atoms with Crippen molar-refractivity contribution in [3.63, 3.8) is 0 Å². The Bertz CT molecular complexity index is 1110. The number of carbonyl (C=O) groups is 2. The SMILES string of the molecule is COC(=O)c1ccc(-n2nc3c(c2N)CC(c2c(Cl)cccc2Cl)C(=O)N3)cc1. The Balaban J connectivity index is 1.71. The molecule has 1 unspecified atom stereocenters. The summed E-state index contributed by atoms with van der Waals surface area (Å²) in [6.07, 6.45) is 0.316. The molecule has 0 fully saturated rings. The smallest absolute Gasteiger partial charge is 0.337 e.